The van der Waals surface area contributed by atoms with Gasteiger partial charge in [0, 0.05) is 30.8 Å². The van der Waals surface area contributed by atoms with Gasteiger partial charge in [-0.3, -0.25) is 9.78 Å². The van der Waals surface area contributed by atoms with E-state index in [1.807, 2.05) is 36.4 Å². The number of hydrogen-bond donors (Lipinski definition) is 1. The lowest BCUT2D eigenvalue weighted by molar-refractivity contribution is -0.122. The highest BCUT2D eigenvalue weighted by atomic mass is 16.5. The van der Waals surface area contributed by atoms with Crippen LogP contribution in [0.4, 0.5) is 0 Å². The van der Waals surface area contributed by atoms with Crippen molar-refractivity contribution in [2.45, 2.75) is 25.3 Å². The smallest absolute Gasteiger partial charge is 0.220 e. The summed E-state index contributed by atoms with van der Waals surface area (Å²) in [5.41, 5.74) is 2.15. The number of nitrogens with zero attached hydrogens (tertiary/aromatic N) is 1. The van der Waals surface area contributed by atoms with E-state index in [1.54, 1.807) is 12.4 Å². The van der Waals surface area contributed by atoms with Crippen molar-refractivity contribution in [2.24, 2.45) is 0 Å². The van der Waals surface area contributed by atoms with Crippen molar-refractivity contribution in [1.82, 2.24) is 10.3 Å². The van der Waals surface area contributed by atoms with Gasteiger partial charge in [0.2, 0.25) is 5.91 Å². The molecule has 2 aromatic rings. The first-order valence-electron chi connectivity index (χ1n) is 7.23. The summed E-state index contributed by atoms with van der Waals surface area (Å²) in [7, 11) is 0. The highest BCUT2D eigenvalue weighted by molar-refractivity contribution is 5.76. The number of fused-ring (bicyclic) bond motifs is 1. The molecule has 1 aliphatic rings. The number of hydrogen-bond acceptors (Lipinski definition) is 3. The van der Waals surface area contributed by atoms with Crippen LogP contribution in [0.2, 0.25) is 0 Å². The zero-order valence-electron chi connectivity index (χ0n) is 11.8. The topological polar surface area (TPSA) is 51.2 Å². The summed E-state index contributed by atoms with van der Waals surface area (Å²) in [6.45, 7) is 0.643. The fourth-order valence-electron chi connectivity index (χ4n) is 2.56. The van der Waals surface area contributed by atoms with Crippen molar-refractivity contribution >= 4 is 5.91 Å². The van der Waals surface area contributed by atoms with Crippen molar-refractivity contribution in [3.8, 4) is 5.75 Å². The third-order valence-corrected chi connectivity index (χ3v) is 3.66. The van der Waals surface area contributed by atoms with E-state index in [0.717, 1.165) is 23.3 Å². The zero-order chi connectivity index (χ0) is 14.5. The van der Waals surface area contributed by atoms with Crippen LogP contribution in [0, 0.1) is 0 Å². The Balaban J connectivity index is 1.58. The molecule has 3 rings (SSSR count). The van der Waals surface area contributed by atoms with Crippen LogP contribution in [0.25, 0.3) is 0 Å². The Hall–Kier alpha value is -2.36. The Bertz CT molecular complexity index is 613. The summed E-state index contributed by atoms with van der Waals surface area (Å²) in [6, 6.07) is 11.8. The maximum atomic E-state index is 12.1. The van der Waals surface area contributed by atoms with E-state index in [4.69, 9.17) is 4.74 Å². The molecule has 21 heavy (non-hydrogen) atoms. The number of rotatable bonds is 4. The summed E-state index contributed by atoms with van der Waals surface area (Å²) < 4.78 is 5.60. The highest BCUT2D eigenvalue weighted by Gasteiger charge is 2.22. The largest absolute Gasteiger partial charge is 0.493 e. The van der Waals surface area contributed by atoms with Crippen molar-refractivity contribution < 1.29 is 9.53 Å². The van der Waals surface area contributed by atoms with Crippen LogP contribution in [0.15, 0.2) is 48.8 Å². The molecule has 1 aromatic carbocycles. The number of nitrogens with one attached hydrogen (secondary N) is 1. The van der Waals surface area contributed by atoms with Gasteiger partial charge in [-0.25, -0.2) is 0 Å². The van der Waals surface area contributed by atoms with Gasteiger partial charge >= 0.3 is 0 Å². The van der Waals surface area contributed by atoms with Gasteiger partial charge in [0.25, 0.3) is 0 Å². The molecule has 0 saturated heterocycles. The number of para-hydroxylation sites is 1. The lowest BCUT2D eigenvalue weighted by Gasteiger charge is -2.26. The molecule has 0 saturated carbocycles. The molecule has 0 aliphatic carbocycles. The van der Waals surface area contributed by atoms with Gasteiger partial charge < -0.3 is 10.1 Å². The van der Waals surface area contributed by atoms with E-state index in [9.17, 15) is 4.79 Å². The molecule has 0 spiro atoms. The van der Waals surface area contributed by atoms with E-state index < -0.39 is 0 Å². The molecule has 1 aromatic heterocycles. The summed E-state index contributed by atoms with van der Waals surface area (Å²) in [5.74, 6) is 0.946. The summed E-state index contributed by atoms with van der Waals surface area (Å²) >= 11 is 0. The van der Waals surface area contributed by atoms with Crippen LogP contribution < -0.4 is 10.1 Å². The zero-order valence-corrected chi connectivity index (χ0v) is 11.8. The summed E-state index contributed by atoms with van der Waals surface area (Å²) in [5, 5.41) is 3.11. The quantitative estimate of drug-likeness (QED) is 0.938. The van der Waals surface area contributed by atoms with Gasteiger partial charge in [0.1, 0.15) is 5.75 Å². The van der Waals surface area contributed by atoms with Gasteiger partial charge in [0.05, 0.1) is 12.6 Å². The minimum atomic E-state index is 0.0522. The number of aromatic nitrogens is 1. The third kappa shape index (κ3) is 3.40. The first-order chi connectivity index (χ1) is 10.3. The number of ether oxygens (including phenoxy) is 1. The Morgan fingerprint density at radius 3 is 3.05 bits per heavy atom. The molecule has 4 nitrogen and oxygen atoms in total. The number of carbonyl (C=O) groups excluding carboxylic acids is 1. The van der Waals surface area contributed by atoms with Gasteiger partial charge in [-0.1, -0.05) is 24.3 Å². The predicted molar refractivity (Wildman–Crippen MR) is 80.0 cm³/mol. The number of amides is 1. The number of benzene rings is 1. The predicted octanol–water partition coefficient (Wildman–Crippen LogP) is 2.65. The van der Waals surface area contributed by atoms with E-state index in [1.165, 1.54) is 0 Å². The molecule has 0 bridgehead atoms. The van der Waals surface area contributed by atoms with Crippen LogP contribution in [-0.2, 0) is 11.2 Å². The molecule has 0 unspecified atom stereocenters. The van der Waals surface area contributed by atoms with Gasteiger partial charge in [-0.2, -0.15) is 0 Å². The maximum Gasteiger partial charge on any atom is 0.220 e. The average molecular weight is 282 g/mol. The molecule has 108 valence electrons. The first kappa shape index (κ1) is 13.6. The van der Waals surface area contributed by atoms with Gasteiger partial charge in [0.15, 0.2) is 0 Å². The van der Waals surface area contributed by atoms with E-state index in [2.05, 4.69) is 10.3 Å². The lowest BCUT2D eigenvalue weighted by Crippen LogP contribution is -2.32. The average Bonchev–Trinajstić information content (AvgIpc) is 2.54. The maximum absolute atomic E-state index is 12.1. The van der Waals surface area contributed by atoms with Crippen molar-refractivity contribution in [3.05, 3.63) is 59.9 Å². The molecular formula is C17H18N2O2. The summed E-state index contributed by atoms with van der Waals surface area (Å²) in [4.78, 5) is 16.2. The Morgan fingerprint density at radius 2 is 2.19 bits per heavy atom. The normalized spacial score (nSPS) is 16.7. The van der Waals surface area contributed by atoms with E-state index in [-0.39, 0.29) is 11.9 Å². The van der Waals surface area contributed by atoms with Crippen LogP contribution in [-0.4, -0.2) is 17.5 Å². The van der Waals surface area contributed by atoms with Crippen LogP contribution >= 0.6 is 0 Å². The minimum absolute atomic E-state index is 0.0522. The minimum Gasteiger partial charge on any atom is -0.493 e. The van der Waals surface area contributed by atoms with E-state index in [0.29, 0.717) is 19.4 Å². The molecule has 2 heterocycles. The monoisotopic (exact) mass is 282 g/mol. The van der Waals surface area contributed by atoms with Gasteiger partial charge in [-0.15, -0.1) is 0 Å². The number of pyridine rings is 1. The fraction of sp³-hybridized carbons (Fsp3) is 0.294. The summed E-state index contributed by atoms with van der Waals surface area (Å²) in [6.07, 6.45) is 5.55. The molecular weight excluding hydrogens is 264 g/mol. The second-order valence-corrected chi connectivity index (χ2v) is 5.16. The second-order valence-electron chi connectivity index (χ2n) is 5.16. The van der Waals surface area contributed by atoms with Crippen molar-refractivity contribution in [2.75, 3.05) is 6.61 Å². The molecule has 0 radical (unpaired) electrons. The molecule has 0 fully saturated rings. The van der Waals surface area contributed by atoms with Crippen molar-refractivity contribution in [1.29, 1.82) is 0 Å². The molecule has 1 amide bonds. The molecule has 1 atom stereocenters. The van der Waals surface area contributed by atoms with Crippen molar-refractivity contribution in [3.63, 3.8) is 0 Å². The van der Waals surface area contributed by atoms with Gasteiger partial charge in [-0.05, 0) is 24.1 Å². The van der Waals surface area contributed by atoms with Crippen LogP contribution in [0.5, 0.6) is 5.75 Å². The standard InChI is InChI=1S/C17H18N2O2/c20-17(8-7-13-4-3-10-18-12-13)19-15-9-11-21-16-6-2-1-5-14(15)16/h1-6,10,12,15H,7-9,11H2,(H,19,20)/t15-/m0/s1. The fourth-order valence-corrected chi connectivity index (χ4v) is 2.56. The SMILES string of the molecule is O=C(CCc1cccnc1)N[C@H]1CCOc2ccccc21. The second kappa shape index (κ2) is 6.39. The molecule has 1 N–H and O–H groups in total. The van der Waals surface area contributed by atoms with Crippen LogP contribution in [0.1, 0.15) is 30.0 Å². The Labute approximate surface area is 124 Å². The van der Waals surface area contributed by atoms with Crippen LogP contribution in [0.3, 0.4) is 0 Å². The number of carbonyl (C=O) groups is 1. The molecule has 4 heteroatoms. The molecule has 1 aliphatic heterocycles. The Morgan fingerprint density at radius 1 is 1.29 bits per heavy atom. The third-order valence-electron chi connectivity index (χ3n) is 3.66. The Kier molecular flexibility index (Phi) is 4.15. The number of aryl methyl sites for hydroxylation is 1. The van der Waals surface area contributed by atoms with E-state index >= 15 is 0 Å². The lowest BCUT2D eigenvalue weighted by atomic mass is 10.0. The first-order valence-corrected chi connectivity index (χ1v) is 7.23. The highest BCUT2D eigenvalue weighted by Crippen LogP contribution is 2.31.